The summed E-state index contributed by atoms with van der Waals surface area (Å²) in [5.74, 6) is -0.331. The van der Waals surface area contributed by atoms with E-state index < -0.39 is 5.41 Å². The Morgan fingerprint density at radius 1 is 1.14 bits per heavy atom. The smallest absolute Gasteiger partial charge is 0.241 e. The highest BCUT2D eigenvalue weighted by atomic mass is 35.5. The summed E-state index contributed by atoms with van der Waals surface area (Å²) in [5, 5.41) is 0.882. The third-order valence-corrected chi connectivity index (χ3v) is 6.30. The number of carbonyl (C=O) groups excluding carboxylic acids is 2. The van der Waals surface area contributed by atoms with E-state index in [9.17, 15) is 9.59 Å². The van der Waals surface area contributed by atoms with Crippen LogP contribution in [0.2, 0.25) is 10.0 Å². The van der Waals surface area contributed by atoms with E-state index >= 15 is 0 Å². The Labute approximate surface area is 138 Å². The van der Waals surface area contributed by atoms with E-state index in [1.807, 2.05) is 6.07 Å². The molecule has 1 aliphatic heterocycles. The third kappa shape index (κ3) is 1.53. The summed E-state index contributed by atoms with van der Waals surface area (Å²) in [6.45, 7) is 0. The number of likely N-dealkylation sites (tertiary alicyclic amines) is 1. The van der Waals surface area contributed by atoms with Gasteiger partial charge in [0, 0.05) is 7.05 Å². The van der Waals surface area contributed by atoms with E-state index in [2.05, 4.69) is 12.2 Å². The van der Waals surface area contributed by atoms with E-state index in [1.54, 1.807) is 19.2 Å². The molecule has 3 aliphatic carbocycles. The topological polar surface area (TPSA) is 37.4 Å². The zero-order valence-electron chi connectivity index (χ0n) is 12.1. The van der Waals surface area contributed by atoms with Crippen LogP contribution in [-0.4, -0.2) is 23.8 Å². The first-order chi connectivity index (χ1) is 10.5. The molecule has 0 aromatic heterocycles. The summed E-state index contributed by atoms with van der Waals surface area (Å²) in [7, 11) is 1.59. The molecule has 2 fully saturated rings. The second kappa shape index (κ2) is 4.59. The Morgan fingerprint density at radius 3 is 2.55 bits per heavy atom. The summed E-state index contributed by atoms with van der Waals surface area (Å²) in [5.41, 5.74) is 0.00576. The maximum absolute atomic E-state index is 13.1. The lowest BCUT2D eigenvalue weighted by Crippen LogP contribution is -2.53. The van der Waals surface area contributed by atoms with Crippen molar-refractivity contribution in [2.45, 2.75) is 18.3 Å². The van der Waals surface area contributed by atoms with Gasteiger partial charge in [-0.25, -0.2) is 0 Å². The molecule has 1 heterocycles. The van der Waals surface area contributed by atoms with Crippen LogP contribution in [0.15, 0.2) is 30.4 Å². The first kappa shape index (κ1) is 14.3. The van der Waals surface area contributed by atoms with Crippen molar-refractivity contribution < 1.29 is 9.59 Å². The van der Waals surface area contributed by atoms with Gasteiger partial charge in [-0.1, -0.05) is 41.4 Å². The van der Waals surface area contributed by atoms with Crippen molar-refractivity contribution in [2.24, 2.45) is 17.8 Å². The molecule has 1 aromatic rings. The molecule has 1 aromatic carbocycles. The lowest BCUT2D eigenvalue weighted by molar-refractivity contribution is -0.138. The number of amides is 2. The Balaban J connectivity index is 1.99. The number of hydrogen-bond acceptors (Lipinski definition) is 2. The molecule has 2 bridgehead atoms. The Bertz CT molecular complexity index is 729. The summed E-state index contributed by atoms with van der Waals surface area (Å²) in [6, 6.07) is 5.32. The lowest BCUT2D eigenvalue weighted by atomic mass is 9.51. The van der Waals surface area contributed by atoms with Crippen LogP contribution in [0.5, 0.6) is 0 Å². The summed E-state index contributed by atoms with van der Waals surface area (Å²) < 4.78 is 0. The zero-order chi connectivity index (χ0) is 15.6. The fourth-order valence-corrected chi connectivity index (χ4v) is 4.89. The van der Waals surface area contributed by atoms with Gasteiger partial charge in [-0.15, -0.1) is 0 Å². The minimum atomic E-state index is -0.808. The molecule has 0 N–H and O–H groups in total. The number of carbonyl (C=O) groups is 2. The summed E-state index contributed by atoms with van der Waals surface area (Å²) in [6.07, 6.45) is 6.10. The first-order valence-corrected chi connectivity index (χ1v) is 8.19. The Kier molecular flexibility index (Phi) is 2.98. The second-order valence-corrected chi connectivity index (χ2v) is 7.22. The molecular formula is C17H15Cl2NO2. The predicted molar refractivity (Wildman–Crippen MR) is 84.8 cm³/mol. The van der Waals surface area contributed by atoms with Crippen molar-refractivity contribution in [2.75, 3.05) is 7.05 Å². The van der Waals surface area contributed by atoms with E-state index in [1.165, 1.54) is 4.90 Å². The molecule has 2 amide bonds. The zero-order valence-corrected chi connectivity index (χ0v) is 13.6. The highest BCUT2D eigenvalue weighted by Crippen LogP contribution is 2.58. The molecule has 5 heteroatoms. The molecule has 5 rings (SSSR count). The number of hydrogen-bond donors (Lipinski definition) is 0. The van der Waals surface area contributed by atoms with E-state index in [4.69, 9.17) is 23.2 Å². The van der Waals surface area contributed by atoms with Crippen LogP contribution in [-0.2, 0) is 15.0 Å². The fraction of sp³-hybridized carbons (Fsp3) is 0.412. The SMILES string of the molecule is CN1C(=O)C2C3C=CC(CC3)C2(c2ccc(Cl)c(Cl)c2)C1=O. The number of benzene rings is 1. The molecule has 3 nitrogen and oxygen atoms in total. The molecule has 4 atom stereocenters. The number of nitrogens with zero attached hydrogens (tertiary/aromatic N) is 1. The highest BCUT2D eigenvalue weighted by Gasteiger charge is 2.67. The van der Waals surface area contributed by atoms with Crippen molar-refractivity contribution in [1.29, 1.82) is 0 Å². The van der Waals surface area contributed by atoms with Crippen molar-refractivity contribution >= 4 is 35.0 Å². The van der Waals surface area contributed by atoms with E-state index in [0.29, 0.717) is 10.0 Å². The number of likely N-dealkylation sites (N-methyl/N-ethyl adjacent to an activating group) is 1. The monoisotopic (exact) mass is 335 g/mol. The van der Waals surface area contributed by atoms with Crippen molar-refractivity contribution in [1.82, 2.24) is 4.90 Å². The van der Waals surface area contributed by atoms with Gasteiger partial charge >= 0.3 is 0 Å². The van der Waals surface area contributed by atoms with Gasteiger partial charge in [-0.2, -0.15) is 0 Å². The quantitative estimate of drug-likeness (QED) is 0.582. The van der Waals surface area contributed by atoms with Gasteiger partial charge in [0.1, 0.15) is 0 Å². The maximum atomic E-state index is 13.1. The molecule has 0 radical (unpaired) electrons. The summed E-state index contributed by atoms with van der Waals surface area (Å²) in [4.78, 5) is 27.0. The molecule has 22 heavy (non-hydrogen) atoms. The molecule has 0 spiro atoms. The average molecular weight is 336 g/mol. The van der Waals surface area contributed by atoms with Gasteiger partial charge in [0.15, 0.2) is 0 Å². The Hall–Kier alpha value is -1.32. The molecular weight excluding hydrogens is 321 g/mol. The fourth-order valence-electron chi connectivity index (χ4n) is 4.59. The molecule has 4 unspecified atom stereocenters. The number of fused-ring (bicyclic) bond motifs is 1. The second-order valence-electron chi connectivity index (χ2n) is 6.41. The minimum absolute atomic E-state index is 0.0427. The van der Waals surface area contributed by atoms with Crippen molar-refractivity contribution in [3.8, 4) is 0 Å². The van der Waals surface area contributed by atoms with Crippen LogP contribution in [0.4, 0.5) is 0 Å². The standard InChI is InChI=1S/C17H15Cl2NO2/c1-20-15(21)14-9-2-4-10(5-3-9)17(14,16(20)22)11-6-7-12(18)13(19)8-11/h2,4,6-10,14H,3,5H2,1H3. The van der Waals surface area contributed by atoms with Gasteiger partial charge < -0.3 is 0 Å². The van der Waals surface area contributed by atoms with Crippen LogP contribution in [0.1, 0.15) is 18.4 Å². The third-order valence-electron chi connectivity index (χ3n) is 5.56. The molecule has 114 valence electrons. The predicted octanol–water partition coefficient (Wildman–Crippen LogP) is 3.44. The number of allylic oxidation sites excluding steroid dienone is 2. The van der Waals surface area contributed by atoms with Crippen LogP contribution in [0, 0.1) is 17.8 Å². The van der Waals surface area contributed by atoms with Gasteiger partial charge in [-0.3, -0.25) is 14.5 Å². The van der Waals surface area contributed by atoms with Gasteiger partial charge in [-0.05, 0) is 42.4 Å². The first-order valence-electron chi connectivity index (χ1n) is 7.43. The Morgan fingerprint density at radius 2 is 1.91 bits per heavy atom. The minimum Gasteiger partial charge on any atom is -0.285 e. The van der Waals surface area contributed by atoms with Gasteiger partial charge in [0.25, 0.3) is 0 Å². The number of imide groups is 1. The summed E-state index contributed by atoms with van der Waals surface area (Å²) >= 11 is 12.2. The molecule has 1 saturated heterocycles. The van der Waals surface area contributed by atoms with Gasteiger partial charge in [0.2, 0.25) is 11.8 Å². The van der Waals surface area contributed by atoms with Gasteiger partial charge in [0.05, 0.1) is 21.4 Å². The average Bonchev–Trinajstić information content (AvgIpc) is 2.75. The van der Waals surface area contributed by atoms with Crippen LogP contribution in [0.25, 0.3) is 0 Å². The van der Waals surface area contributed by atoms with E-state index in [0.717, 1.165) is 18.4 Å². The van der Waals surface area contributed by atoms with Crippen LogP contribution >= 0.6 is 23.2 Å². The molecule has 4 aliphatic rings. The highest BCUT2D eigenvalue weighted by molar-refractivity contribution is 6.42. The number of halogens is 2. The van der Waals surface area contributed by atoms with Crippen LogP contribution < -0.4 is 0 Å². The van der Waals surface area contributed by atoms with Crippen molar-refractivity contribution in [3.63, 3.8) is 0 Å². The van der Waals surface area contributed by atoms with Crippen molar-refractivity contribution in [3.05, 3.63) is 46.0 Å². The largest absolute Gasteiger partial charge is 0.285 e. The maximum Gasteiger partial charge on any atom is 0.241 e. The van der Waals surface area contributed by atoms with Crippen LogP contribution in [0.3, 0.4) is 0 Å². The molecule has 1 saturated carbocycles. The lowest BCUT2D eigenvalue weighted by Gasteiger charge is -2.48. The normalized spacial score (nSPS) is 36.1. The van der Waals surface area contributed by atoms with E-state index in [-0.39, 0.29) is 29.6 Å². The number of rotatable bonds is 1.